The number of benzene rings is 1. The average molecular weight is 319 g/mol. The van der Waals surface area contributed by atoms with Crippen LogP contribution in [0, 0.1) is 6.92 Å². The fourth-order valence-electron chi connectivity index (χ4n) is 1.97. The van der Waals surface area contributed by atoms with Crippen molar-refractivity contribution >= 4 is 27.5 Å². The molecule has 1 aliphatic heterocycles. The van der Waals surface area contributed by atoms with Gasteiger partial charge in [-0.2, -0.15) is 0 Å². The number of nitrogens with one attached hydrogen (secondary N) is 1. The standard InChI is InChI=1S/C12H15ClN2O4S/c1-7-10(12(16)15-8-2-3-19-6-8)4-9(5-11(7)13)20(14,17)18/h4-5,8H,2-3,6H2,1H3,(H,15,16)(H2,14,17,18). The van der Waals surface area contributed by atoms with Gasteiger partial charge >= 0.3 is 0 Å². The topological polar surface area (TPSA) is 98.5 Å². The number of carbonyl (C=O) groups excluding carboxylic acids is 1. The molecule has 20 heavy (non-hydrogen) atoms. The highest BCUT2D eigenvalue weighted by atomic mass is 35.5. The number of hydrogen-bond acceptors (Lipinski definition) is 4. The van der Waals surface area contributed by atoms with E-state index in [1.54, 1.807) is 6.92 Å². The van der Waals surface area contributed by atoms with E-state index in [4.69, 9.17) is 21.5 Å². The Bertz CT molecular complexity index is 639. The fraction of sp³-hybridized carbons (Fsp3) is 0.417. The molecule has 0 aliphatic carbocycles. The molecule has 3 N–H and O–H groups in total. The number of ether oxygens (including phenoxy) is 1. The number of rotatable bonds is 3. The molecule has 1 aromatic rings. The molecule has 1 amide bonds. The van der Waals surface area contributed by atoms with Crippen molar-refractivity contribution in [3.05, 3.63) is 28.3 Å². The predicted octanol–water partition coefficient (Wildman–Crippen LogP) is 0.815. The largest absolute Gasteiger partial charge is 0.379 e. The molecule has 1 aromatic carbocycles. The van der Waals surface area contributed by atoms with Gasteiger partial charge in [-0.15, -0.1) is 0 Å². The summed E-state index contributed by atoms with van der Waals surface area (Å²) in [5.74, 6) is -0.384. The van der Waals surface area contributed by atoms with Crippen molar-refractivity contribution in [2.75, 3.05) is 13.2 Å². The minimum absolute atomic E-state index is 0.0705. The summed E-state index contributed by atoms with van der Waals surface area (Å²) in [7, 11) is -3.91. The van der Waals surface area contributed by atoms with Crippen LogP contribution in [0.25, 0.3) is 0 Å². The van der Waals surface area contributed by atoms with E-state index in [0.29, 0.717) is 18.8 Å². The van der Waals surface area contributed by atoms with Crippen LogP contribution in [0.3, 0.4) is 0 Å². The molecule has 1 unspecified atom stereocenters. The van der Waals surface area contributed by atoms with E-state index in [0.717, 1.165) is 6.42 Å². The SMILES string of the molecule is Cc1c(Cl)cc(S(N)(=O)=O)cc1C(=O)NC1CCOC1. The van der Waals surface area contributed by atoms with Crippen LogP contribution in [0.2, 0.25) is 5.02 Å². The monoisotopic (exact) mass is 318 g/mol. The van der Waals surface area contributed by atoms with E-state index in [1.165, 1.54) is 12.1 Å². The molecule has 1 saturated heterocycles. The minimum Gasteiger partial charge on any atom is -0.379 e. The van der Waals surface area contributed by atoms with Gasteiger partial charge in [0.15, 0.2) is 0 Å². The molecule has 110 valence electrons. The maximum atomic E-state index is 12.2. The van der Waals surface area contributed by atoms with Gasteiger partial charge in [0.1, 0.15) is 0 Å². The lowest BCUT2D eigenvalue weighted by molar-refractivity contribution is 0.0929. The summed E-state index contributed by atoms with van der Waals surface area (Å²) in [4.78, 5) is 12.0. The summed E-state index contributed by atoms with van der Waals surface area (Å²) < 4.78 is 27.9. The molecule has 0 radical (unpaired) electrons. The van der Waals surface area contributed by atoms with E-state index in [1.807, 2.05) is 0 Å². The number of carbonyl (C=O) groups is 1. The van der Waals surface area contributed by atoms with Gasteiger partial charge in [0.05, 0.1) is 17.5 Å². The zero-order valence-corrected chi connectivity index (χ0v) is 12.4. The van der Waals surface area contributed by atoms with Gasteiger partial charge in [-0.05, 0) is 31.0 Å². The quantitative estimate of drug-likeness (QED) is 0.861. The number of amides is 1. The van der Waals surface area contributed by atoms with E-state index in [9.17, 15) is 13.2 Å². The number of sulfonamides is 1. The van der Waals surface area contributed by atoms with Crippen LogP contribution < -0.4 is 10.5 Å². The summed E-state index contributed by atoms with van der Waals surface area (Å²) in [6, 6.07) is 2.41. The second kappa shape index (κ2) is 5.69. The first-order valence-electron chi connectivity index (χ1n) is 6.00. The molecule has 1 fully saturated rings. The minimum atomic E-state index is -3.91. The number of primary sulfonamides is 1. The average Bonchev–Trinajstić information content (AvgIpc) is 2.83. The lowest BCUT2D eigenvalue weighted by atomic mass is 10.1. The van der Waals surface area contributed by atoms with Crippen molar-refractivity contribution in [1.29, 1.82) is 0 Å². The molecule has 1 atom stereocenters. The van der Waals surface area contributed by atoms with E-state index < -0.39 is 10.0 Å². The van der Waals surface area contributed by atoms with E-state index >= 15 is 0 Å². The molecule has 0 spiro atoms. The highest BCUT2D eigenvalue weighted by Crippen LogP contribution is 2.24. The second-order valence-corrected chi connectivity index (χ2v) is 6.63. The molecule has 6 nitrogen and oxygen atoms in total. The van der Waals surface area contributed by atoms with Crippen LogP contribution >= 0.6 is 11.6 Å². The first-order valence-corrected chi connectivity index (χ1v) is 7.93. The molecule has 0 saturated carbocycles. The molecular weight excluding hydrogens is 304 g/mol. The van der Waals surface area contributed by atoms with Crippen molar-refractivity contribution in [3.63, 3.8) is 0 Å². The first-order chi connectivity index (χ1) is 9.29. The smallest absolute Gasteiger partial charge is 0.251 e. The van der Waals surface area contributed by atoms with Crippen LogP contribution in [0.5, 0.6) is 0 Å². The van der Waals surface area contributed by atoms with Crippen molar-refractivity contribution in [3.8, 4) is 0 Å². The highest BCUT2D eigenvalue weighted by molar-refractivity contribution is 7.89. The van der Waals surface area contributed by atoms with Crippen LogP contribution in [0.15, 0.2) is 17.0 Å². The summed E-state index contributed by atoms with van der Waals surface area (Å²) in [5, 5.41) is 8.04. The molecular formula is C12H15ClN2O4S. The molecule has 2 rings (SSSR count). The Balaban J connectivity index is 2.34. The van der Waals surface area contributed by atoms with Gasteiger partial charge in [-0.25, -0.2) is 13.6 Å². The Hall–Kier alpha value is -1.15. The first kappa shape index (κ1) is 15.2. The van der Waals surface area contributed by atoms with Gasteiger partial charge in [0, 0.05) is 17.2 Å². The van der Waals surface area contributed by atoms with Gasteiger partial charge in [0.25, 0.3) is 5.91 Å². The summed E-state index contributed by atoms with van der Waals surface area (Å²) in [6.07, 6.45) is 0.730. The third-order valence-electron chi connectivity index (χ3n) is 3.16. The maximum absolute atomic E-state index is 12.2. The van der Waals surface area contributed by atoms with Crippen LogP contribution in [-0.4, -0.2) is 33.6 Å². The van der Waals surface area contributed by atoms with E-state index in [2.05, 4.69) is 5.32 Å². The number of nitrogens with two attached hydrogens (primary N) is 1. The van der Waals surface area contributed by atoms with Crippen LogP contribution in [0.1, 0.15) is 22.3 Å². The van der Waals surface area contributed by atoms with E-state index in [-0.39, 0.29) is 27.4 Å². The van der Waals surface area contributed by atoms with Crippen LogP contribution in [0.4, 0.5) is 0 Å². The lowest BCUT2D eigenvalue weighted by Crippen LogP contribution is -2.35. The summed E-state index contributed by atoms with van der Waals surface area (Å²) in [5.41, 5.74) is 0.712. The van der Waals surface area contributed by atoms with Crippen molar-refractivity contribution in [1.82, 2.24) is 5.32 Å². The predicted molar refractivity (Wildman–Crippen MR) is 74.3 cm³/mol. The highest BCUT2D eigenvalue weighted by Gasteiger charge is 2.22. The van der Waals surface area contributed by atoms with Crippen molar-refractivity contribution in [2.45, 2.75) is 24.3 Å². The molecule has 1 heterocycles. The molecule has 8 heteroatoms. The van der Waals surface area contributed by atoms with Crippen molar-refractivity contribution in [2.24, 2.45) is 5.14 Å². The third kappa shape index (κ3) is 3.29. The maximum Gasteiger partial charge on any atom is 0.251 e. The molecule has 1 aliphatic rings. The third-order valence-corrected chi connectivity index (χ3v) is 4.44. The lowest BCUT2D eigenvalue weighted by Gasteiger charge is -2.14. The van der Waals surface area contributed by atoms with Crippen LogP contribution in [-0.2, 0) is 14.8 Å². The normalized spacial score (nSPS) is 19.1. The Morgan fingerprint density at radius 3 is 2.75 bits per heavy atom. The zero-order valence-electron chi connectivity index (χ0n) is 10.8. The number of hydrogen-bond donors (Lipinski definition) is 2. The second-order valence-electron chi connectivity index (χ2n) is 4.66. The molecule has 0 bridgehead atoms. The van der Waals surface area contributed by atoms with Crippen molar-refractivity contribution < 1.29 is 17.9 Å². The van der Waals surface area contributed by atoms with Gasteiger partial charge in [-0.1, -0.05) is 11.6 Å². The Labute approximate surface area is 122 Å². The van der Waals surface area contributed by atoms with Gasteiger partial charge in [-0.3, -0.25) is 4.79 Å². The Kier molecular flexibility index (Phi) is 4.33. The zero-order chi connectivity index (χ0) is 14.9. The Morgan fingerprint density at radius 1 is 1.50 bits per heavy atom. The van der Waals surface area contributed by atoms with Gasteiger partial charge in [0.2, 0.25) is 10.0 Å². The number of halogens is 1. The molecule has 0 aromatic heterocycles. The van der Waals surface area contributed by atoms with Gasteiger partial charge < -0.3 is 10.1 Å². The Morgan fingerprint density at radius 2 is 2.20 bits per heavy atom. The summed E-state index contributed by atoms with van der Waals surface area (Å²) in [6.45, 7) is 2.70. The summed E-state index contributed by atoms with van der Waals surface area (Å²) >= 11 is 5.96. The fourth-order valence-corrected chi connectivity index (χ4v) is 2.81.